The maximum Gasteiger partial charge on any atom is 0.221 e. The predicted molar refractivity (Wildman–Crippen MR) is 117 cm³/mol. The van der Waals surface area contributed by atoms with Gasteiger partial charge in [0.2, 0.25) is 11.8 Å². The molecule has 0 aromatic heterocycles. The summed E-state index contributed by atoms with van der Waals surface area (Å²) in [4.78, 5) is 24.8. The predicted octanol–water partition coefficient (Wildman–Crippen LogP) is 4.49. The van der Waals surface area contributed by atoms with E-state index in [2.05, 4.69) is 35.5 Å². The first kappa shape index (κ1) is 21.4. The van der Waals surface area contributed by atoms with Crippen molar-refractivity contribution < 1.29 is 9.59 Å². The van der Waals surface area contributed by atoms with E-state index in [1.807, 2.05) is 48.5 Å². The van der Waals surface area contributed by atoms with Gasteiger partial charge in [-0.05, 0) is 60.1 Å². The van der Waals surface area contributed by atoms with Gasteiger partial charge in [-0.25, -0.2) is 0 Å². The molecular weight excluding hydrogens is 350 g/mol. The Morgan fingerprint density at radius 3 is 1.71 bits per heavy atom. The van der Waals surface area contributed by atoms with Gasteiger partial charge in [0.15, 0.2) is 0 Å². The first-order chi connectivity index (χ1) is 13.4. The smallest absolute Gasteiger partial charge is 0.221 e. The number of rotatable bonds is 8. The molecule has 2 aromatic rings. The van der Waals surface area contributed by atoms with Crippen LogP contribution in [0, 0.1) is 0 Å². The Labute approximate surface area is 167 Å². The number of hydrogen-bond acceptors (Lipinski definition) is 3. The third kappa shape index (κ3) is 6.67. The summed E-state index contributed by atoms with van der Waals surface area (Å²) in [6.07, 6.45) is 2.17. The maximum atomic E-state index is 11.2. The van der Waals surface area contributed by atoms with Gasteiger partial charge in [-0.1, -0.05) is 38.1 Å². The van der Waals surface area contributed by atoms with Crippen molar-refractivity contribution in [2.24, 2.45) is 0 Å². The number of carbonyl (C=O) groups is 2. The third-order valence-corrected chi connectivity index (χ3v) is 4.44. The van der Waals surface area contributed by atoms with Crippen molar-refractivity contribution in [1.29, 1.82) is 0 Å². The van der Waals surface area contributed by atoms with E-state index in [0.29, 0.717) is 0 Å². The van der Waals surface area contributed by atoms with Crippen LogP contribution in [0.25, 0.3) is 11.6 Å². The second-order valence-corrected chi connectivity index (χ2v) is 6.69. The van der Waals surface area contributed by atoms with E-state index < -0.39 is 0 Å². The Hall–Kier alpha value is -2.92. The molecule has 0 aliphatic heterocycles. The number of anilines is 2. The standard InChI is InChI=1S/C23H29N3O2/c1-5-26(6-2)16-21(20-9-13-23(14-10-20)25-18(4)28)15-19-7-11-22(12-8-19)24-17(3)27/h7-15H,5-6,16H2,1-4H3,(H,24,27)(H,25,28)/b21-15+. The minimum atomic E-state index is -0.0789. The summed E-state index contributed by atoms with van der Waals surface area (Å²) < 4.78 is 0. The van der Waals surface area contributed by atoms with Gasteiger partial charge < -0.3 is 10.6 Å². The van der Waals surface area contributed by atoms with Crippen molar-refractivity contribution in [2.45, 2.75) is 27.7 Å². The van der Waals surface area contributed by atoms with Gasteiger partial charge >= 0.3 is 0 Å². The van der Waals surface area contributed by atoms with E-state index in [1.165, 1.54) is 19.4 Å². The van der Waals surface area contributed by atoms with Crippen LogP contribution < -0.4 is 10.6 Å². The van der Waals surface area contributed by atoms with E-state index in [4.69, 9.17) is 0 Å². The van der Waals surface area contributed by atoms with Crippen molar-refractivity contribution in [3.63, 3.8) is 0 Å². The number of carbonyl (C=O) groups excluding carboxylic acids is 2. The van der Waals surface area contributed by atoms with Crippen LogP contribution in [-0.4, -0.2) is 36.3 Å². The highest BCUT2D eigenvalue weighted by Crippen LogP contribution is 2.22. The van der Waals surface area contributed by atoms with Crippen molar-refractivity contribution >= 4 is 34.8 Å². The van der Waals surface area contributed by atoms with Crippen molar-refractivity contribution in [2.75, 3.05) is 30.3 Å². The number of benzene rings is 2. The van der Waals surface area contributed by atoms with Crippen LogP contribution in [0.1, 0.15) is 38.8 Å². The van der Waals surface area contributed by atoms with Gasteiger partial charge in [-0.2, -0.15) is 0 Å². The minimum Gasteiger partial charge on any atom is -0.326 e. The second kappa shape index (κ2) is 10.4. The van der Waals surface area contributed by atoms with Crippen LogP contribution in [0.3, 0.4) is 0 Å². The average molecular weight is 380 g/mol. The normalized spacial score (nSPS) is 11.4. The Morgan fingerprint density at radius 1 is 0.821 bits per heavy atom. The van der Waals surface area contributed by atoms with Crippen molar-refractivity contribution in [3.8, 4) is 0 Å². The van der Waals surface area contributed by atoms with Gasteiger partial charge in [-0.15, -0.1) is 0 Å². The largest absolute Gasteiger partial charge is 0.326 e. The van der Waals surface area contributed by atoms with Crippen LogP contribution in [0.15, 0.2) is 48.5 Å². The molecule has 0 bridgehead atoms. The Kier molecular flexibility index (Phi) is 7.96. The van der Waals surface area contributed by atoms with Gasteiger partial charge in [-0.3, -0.25) is 14.5 Å². The van der Waals surface area contributed by atoms with Crippen LogP contribution in [0.5, 0.6) is 0 Å². The lowest BCUT2D eigenvalue weighted by Crippen LogP contribution is -2.24. The molecule has 5 nitrogen and oxygen atoms in total. The quantitative estimate of drug-likeness (QED) is 0.665. The molecule has 0 heterocycles. The van der Waals surface area contributed by atoms with E-state index in [1.54, 1.807) is 0 Å². The highest BCUT2D eigenvalue weighted by molar-refractivity contribution is 5.90. The average Bonchev–Trinajstić information content (AvgIpc) is 2.66. The zero-order chi connectivity index (χ0) is 20.5. The molecule has 0 aliphatic rings. The fourth-order valence-corrected chi connectivity index (χ4v) is 2.95. The molecule has 28 heavy (non-hydrogen) atoms. The molecule has 2 aromatic carbocycles. The van der Waals surface area contributed by atoms with Gasteiger partial charge in [0.25, 0.3) is 0 Å². The number of nitrogens with one attached hydrogen (secondary N) is 2. The van der Waals surface area contributed by atoms with E-state index >= 15 is 0 Å². The fourth-order valence-electron chi connectivity index (χ4n) is 2.95. The molecule has 2 N–H and O–H groups in total. The van der Waals surface area contributed by atoms with Crippen molar-refractivity contribution in [1.82, 2.24) is 4.90 Å². The monoisotopic (exact) mass is 379 g/mol. The molecule has 5 heteroatoms. The summed E-state index contributed by atoms with van der Waals surface area (Å²) in [5.41, 5.74) is 4.96. The minimum absolute atomic E-state index is 0.0779. The van der Waals surface area contributed by atoms with Crippen LogP contribution in [-0.2, 0) is 9.59 Å². The van der Waals surface area contributed by atoms with Crippen LogP contribution >= 0.6 is 0 Å². The molecule has 0 fully saturated rings. The first-order valence-corrected chi connectivity index (χ1v) is 9.59. The number of amides is 2. The number of hydrogen-bond donors (Lipinski definition) is 2. The van der Waals surface area contributed by atoms with Crippen LogP contribution in [0.2, 0.25) is 0 Å². The molecule has 0 spiro atoms. The molecule has 2 amide bonds. The maximum absolute atomic E-state index is 11.2. The summed E-state index contributed by atoms with van der Waals surface area (Å²) in [6, 6.07) is 15.7. The van der Waals surface area contributed by atoms with Gasteiger partial charge in [0, 0.05) is 31.8 Å². The first-order valence-electron chi connectivity index (χ1n) is 9.59. The fraction of sp³-hybridized carbons (Fsp3) is 0.304. The highest BCUT2D eigenvalue weighted by Gasteiger charge is 2.08. The van der Waals surface area contributed by atoms with E-state index in [-0.39, 0.29) is 11.8 Å². The summed E-state index contributed by atoms with van der Waals surface area (Å²) in [7, 11) is 0. The molecule has 0 saturated heterocycles. The van der Waals surface area contributed by atoms with Crippen LogP contribution in [0.4, 0.5) is 11.4 Å². The molecule has 0 aliphatic carbocycles. The summed E-state index contributed by atoms with van der Waals surface area (Å²) in [5, 5.41) is 5.59. The molecule has 2 rings (SSSR count). The summed E-state index contributed by atoms with van der Waals surface area (Å²) >= 11 is 0. The summed E-state index contributed by atoms with van der Waals surface area (Å²) in [6.45, 7) is 10.1. The molecule has 0 saturated carbocycles. The van der Waals surface area contributed by atoms with E-state index in [9.17, 15) is 9.59 Å². The summed E-state index contributed by atoms with van der Waals surface area (Å²) in [5.74, 6) is -0.157. The van der Waals surface area contributed by atoms with Crippen molar-refractivity contribution in [3.05, 3.63) is 59.7 Å². The molecule has 0 radical (unpaired) electrons. The third-order valence-electron chi connectivity index (χ3n) is 4.44. The SMILES string of the molecule is CCN(CC)C/C(=C\c1ccc(NC(C)=O)cc1)c1ccc(NC(C)=O)cc1. The lowest BCUT2D eigenvalue weighted by molar-refractivity contribution is -0.115. The Morgan fingerprint density at radius 2 is 1.29 bits per heavy atom. The lowest BCUT2D eigenvalue weighted by atomic mass is 10.0. The van der Waals surface area contributed by atoms with Gasteiger partial charge in [0.05, 0.1) is 0 Å². The lowest BCUT2D eigenvalue weighted by Gasteiger charge is -2.21. The molecule has 148 valence electrons. The molecular formula is C23H29N3O2. The topological polar surface area (TPSA) is 61.4 Å². The zero-order valence-corrected chi connectivity index (χ0v) is 17.1. The number of nitrogens with zero attached hydrogens (tertiary/aromatic N) is 1. The highest BCUT2D eigenvalue weighted by atomic mass is 16.2. The Balaban J connectivity index is 2.31. The Bertz CT molecular complexity index is 820. The molecule has 0 unspecified atom stereocenters. The second-order valence-electron chi connectivity index (χ2n) is 6.69. The van der Waals surface area contributed by atoms with Gasteiger partial charge in [0.1, 0.15) is 0 Å². The van der Waals surface area contributed by atoms with E-state index in [0.717, 1.165) is 42.1 Å². The molecule has 0 atom stereocenters. The number of likely N-dealkylation sites (N-methyl/N-ethyl adjacent to an activating group) is 1. The zero-order valence-electron chi connectivity index (χ0n) is 17.1.